The van der Waals surface area contributed by atoms with Crippen LogP contribution in [0.3, 0.4) is 0 Å². The van der Waals surface area contributed by atoms with Crippen LogP contribution in [0.15, 0.2) is 30.9 Å². The summed E-state index contributed by atoms with van der Waals surface area (Å²) in [6, 6.07) is 3.05. The van der Waals surface area contributed by atoms with Gasteiger partial charge in [0.15, 0.2) is 0 Å². The Kier molecular flexibility index (Phi) is 3.86. The Bertz CT molecular complexity index is 562. The number of thiol groups is 1. The summed E-state index contributed by atoms with van der Waals surface area (Å²) in [6.07, 6.45) is 2.72. The molecule has 0 unspecified atom stereocenters. The van der Waals surface area contributed by atoms with Crippen molar-refractivity contribution in [3.63, 3.8) is 0 Å². The van der Waals surface area contributed by atoms with Crippen molar-refractivity contribution in [3.05, 3.63) is 48.1 Å². The van der Waals surface area contributed by atoms with E-state index >= 15 is 0 Å². The highest BCUT2D eigenvalue weighted by molar-refractivity contribution is 7.81. The van der Waals surface area contributed by atoms with Crippen LogP contribution in [0.5, 0.6) is 0 Å². The van der Waals surface area contributed by atoms with Gasteiger partial charge in [-0.3, -0.25) is 0 Å². The van der Waals surface area contributed by atoms with E-state index in [4.69, 9.17) is 0 Å². The Balaban J connectivity index is 2.43. The van der Waals surface area contributed by atoms with E-state index in [9.17, 15) is 13.9 Å². The number of rotatable bonds is 4. The summed E-state index contributed by atoms with van der Waals surface area (Å²) >= 11 is 4.20. The number of hydrogen-bond acceptors (Lipinski definition) is 4. The first-order valence-corrected chi connectivity index (χ1v) is 6.13. The van der Waals surface area contributed by atoms with Gasteiger partial charge in [-0.2, -0.15) is 17.7 Å². The van der Waals surface area contributed by atoms with E-state index < -0.39 is 22.5 Å². The molecule has 0 bridgehead atoms. The fourth-order valence-electron chi connectivity index (χ4n) is 1.84. The zero-order valence-electron chi connectivity index (χ0n) is 10.2. The summed E-state index contributed by atoms with van der Waals surface area (Å²) in [7, 11) is 0. The maximum Gasteiger partial charge on any atom is 0.137 e. The molecular weight excluding hydrogens is 272 g/mol. The molecule has 0 amide bonds. The number of benzene rings is 1. The monoisotopic (exact) mass is 285 g/mol. The summed E-state index contributed by atoms with van der Waals surface area (Å²) in [5.41, 5.74) is -1.64. The third-order valence-electron chi connectivity index (χ3n) is 2.96. The minimum Gasteiger partial charge on any atom is -0.382 e. The first kappa shape index (κ1) is 14.0. The molecule has 2 rings (SSSR count). The highest BCUT2D eigenvalue weighted by Crippen LogP contribution is 2.32. The molecule has 0 saturated heterocycles. The average Bonchev–Trinajstić information content (AvgIpc) is 2.81. The lowest BCUT2D eigenvalue weighted by molar-refractivity contribution is 0.0138. The summed E-state index contributed by atoms with van der Waals surface area (Å²) in [5.74, 6) is -1.51. The molecule has 2 aromatic rings. The molecule has 0 spiro atoms. The second-order valence-electron chi connectivity index (χ2n) is 4.32. The van der Waals surface area contributed by atoms with Crippen LogP contribution in [-0.2, 0) is 12.1 Å². The average molecular weight is 285 g/mol. The second-order valence-corrected chi connectivity index (χ2v) is 5.09. The predicted octanol–water partition coefficient (Wildman–Crippen LogP) is 1.76. The third kappa shape index (κ3) is 2.76. The van der Waals surface area contributed by atoms with Gasteiger partial charge in [-0.05, 0) is 6.07 Å². The standard InChI is InChI=1S/C12H13F2N3OS/c1-8(19)12(18,5-17-7-15-6-16-17)10-3-2-9(13)4-11(10)14/h2-4,6-8,18-19H,5H2,1H3/t8-,12+/m0/s1. The predicted molar refractivity (Wildman–Crippen MR) is 68.7 cm³/mol. The number of hydrogen-bond donors (Lipinski definition) is 2. The van der Waals surface area contributed by atoms with Crippen molar-refractivity contribution in [1.82, 2.24) is 14.8 Å². The summed E-state index contributed by atoms with van der Waals surface area (Å²) in [4.78, 5) is 3.76. The molecule has 1 heterocycles. The van der Waals surface area contributed by atoms with Crippen LogP contribution in [0.25, 0.3) is 0 Å². The molecule has 0 aliphatic rings. The Labute approximate surface area is 114 Å². The molecule has 1 N–H and O–H groups in total. The van der Waals surface area contributed by atoms with Crippen LogP contribution in [0.1, 0.15) is 12.5 Å². The minimum atomic E-state index is -1.62. The zero-order chi connectivity index (χ0) is 14.0. The fourth-order valence-corrected chi connectivity index (χ4v) is 2.06. The summed E-state index contributed by atoms with van der Waals surface area (Å²) in [6.45, 7) is 1.60. The number of nitrogens with zero attached hydrogens (tertiary/aromatic N) is 3. The second kappa shape index (κ2) is 5.26. The van der Waals surface area contributed by atoms with Crippen molar-refractivity contribution in [2.24, 2.45) is 0 Å². The minimum absolute atomic E-state index is 0.0214. The molecule has 19 heavy (non-hydrogen) atoms. The topological polar surface area (TPSA) is 50.9 Å². The highest BCUT2D eigenvalue weighted by Gasteiger charge is 2.37. The maximum absolute atomic E-state index is 13.9. The van der Waals surface area contributed by atoms with Crippen LogP contribution >= 0.6 is 12.6 Å². The lowest BCUT2D eigenvalue weighted by Gasteiger charge is -2.32. The molecule has 1 aromatic carbocycles. The Hall–Kier alpha value is -1.47. The molecule has 0 saturated carbocycles. The van der Waals surface area contributed by atoms with E-state index in [1.807, 2.05) is 0 Å². The molecule has 4 nitrogen and oxygen atoms in total. The van der Waals surface area contributed by atoms with E-state index in [0.717, 1.165) is 12.1 Å². The molecular formula is C12H13F2N3OS. The van der Waals surface area contributed by atoms with Crippen molar-refractivity contribution in [3.8, 4) is 0 Å². The van der Waals surface area contributed by atoms with Gasteiger partial charge in [0.2, 0.25) is 0 Å². The van der Waals surface area contributed by atoms with Gasteiger partial charge in [-0.15, -0.1) is 0 Å². The Morgan fingerprint density at radius 2 is 2.21 bits per heavy atom. The fraction of sp³-hybridized carbons (Fsp3) is 0.333. The van der Waals surface area contributed by atoms with Crippen molar-refractivity contribution < 1.29 is 13.9 Å². The number of aromatic nitrogens is 3. The van der Waals surface area contributed by atoms with E-state index in [0.29, 0.717) is 0 Å². The van der Waals surface area contributed by atoms with Crippen LogP contribution in [-0.4, -0.2) is 25.1 Å². The third-order valence-corrected chi connectivity index (χ3v) is 3.39. The molecule has 102 valence electrons. The maximum atomic E-state index is 13.9. The van der Waals surface area contributed by atoms with Gasteiger partial charge in [0.1, 0.15) is 29.9 Å². The van der Waals surface area contributed by atoms with E-state index in [1.165, 1.54) is 23.4 Å². The van der Waals surface area contributed by atoms with Gasteiger partial charge in [0.25, 0.3) is 0 Å². The lowest BCUT2D eigenvalue weighted by atomic mass is 9.90. The normalized spacial score (nSPS) is 16.1. The van der Waals surface area contributed by atoms with Gasteiger partial charge in [-0.25, -0.2) is 18.4 Å². The van der Waals surface area contributed by atoms with Gasteiger partial charge in [0, 0.05) is 16.9 Å². The first-order valence-electron chi connectivity index (χ1n) is 5.62. The number of halogens is 2. The molecule has 0 radical (unpaired) electrons. The van der Waals surface area contributed by atoms with Gasteiger partial charge < -0.3 is 5.11 Å². The SMILES string of the molecule is C[C@H](S)[C@](O)(Cn1cncn1)c1ccc(F)cc1F. The van der Waals surface area contributed by atoms with Crippen LogP contribution in [0, 0.1) is 11.6 Å². The van der Waals surface area contributed by atoms with Crippen molar-refractivity contribution in [2.45, 2.75) is 24.3 Å². The lowest BCUT2D eigenvalue weighted by Crippen LogP contribution is -2.40. The Morgan fingerprint density at radius 1 is 1.47 bits per heavy atom. The first-order chi connectivity index (χ1) is 8.93. The van der Waals surface area contributed by atoms with Gasteiger partial charge in [0.05, 0.1) is 6.54 Å². The zero-order valence-corrected chi connectivity index (χ0v) is 11.1. The summed E-state index contributed by atoms with van der Waals surface area (Å²) < 4.78 is 28.2. The van der Waals surface area contributed by atoms with Crippen LogP contribution in [0.4, 0.5) is 8.78 Å². The van der Waals surface area contributed by atoms with Gasteiger partial charge >= 0.3 is 0 Å². The molecule has 7 heteroatoms. The quantitative estimate of drug-likeness (QED) is 0.842. The van der Waals surface area contributed by atoms with E-state index in [2.05, 4.69) is 22.7 Å². The molecule has 0 aliphatic carbocycles. The van der Waals surface area contributed by atoms with E-state index in [-0.39, 0.29) is 12.1 Å². The van der Waals surface area contributed by atoms with Crippen molar-refractivity contribution in [1.29, 1.82) is 0 Å². The molecule has 0 aliphatic heterocycles. The smallest absolute Gasteiger partial charge is 0.137 e. The largest absolute Gasteiger partial charge is 0.382 e. The van der Waals surface area contributed by atoms with Crippen LogP contribution < -0.4 is 0 Å². The molecule has 0 fully saturated rings. The molecule has 1 aromatic heterocycles. The van der Waals surface area contributed by atoms with Gasteiger partial charge in [-0.1, -0.05) is 13.0 Å². The highest BCUT2D eigenvalue weighted by atomic mass is 32.1. The summed E-state index contributed by atoms with van der Waals surface area (Å²) in [5, 5.41) is 14.0. The van der Waals surface area contributed by atoms with E-state index in [1.54, 1.807) is 6.92 Å². The van der Waals surface area contributed by atoms with Crippen LogP contribution in [0.2, 0.25) is 0 Å². The van der Waals surface area contributed by atoms with Crippen molar-refractivity contribution >= 4 is 12.6 Å². The molecule has 2 atom stereocenters. The van der Waals surface area contributed by atoms with Crippen molar-refractivity contribution in [2.75, 3.05) is 0 Å². The number of aliphatic hydroxyl groups is 1. The Morgan fingerprint density at radius 3 is 2.74 bits per heavy atom.